The van der Waals surface area contributed by atoms with Gasteiger partial charge in [0.2, 0.25) is 0 Å². The molecule has 0 amide bonds. The molecule has 0 aromatic carbocycles. The van der Waals surface area contributed by atoms with Crippen molar-refractivity contribution < 1.29 is 9.90 Å². The number of carbonyl (C=O) groups is 1. The average molecular weight is 221 g/mol. The predicted molar refractivity (Wildman–Crippen MR) is 63.4 cm³/mol. The quantitative estimate of drug-likeness (QED) is 0.850. The first kappa shape index (κ1) is 12.7. The van der Waals surface area contributed by atoms with Crippen LogP contribution >= 0.6 is 0 Å². The minimum absolute atomic E-state index is 0.524. The molecule has 0 fully saturated rings. The summed E-state index contributed by atoms with van der Waals surface area (Å²) < 4.78 is 0. The SMILES string of the molecule is CC(C)Cc1cccc(C(C)(C)C(=O)O)n1. The van der Waals surface area contributed by atoms with Crippen molar-refractivity contribution in [2.24, 2.45) is 5.92 Å². The van der Waals surface area contributed by atoms with Crippen molar-refractivity contribution in [3.63, 3.8) is 0 Å². The molecule has 0 aliphatic heterocycles. The summed E-state index contributed by atoms with van der Waals surface area (Å²) in [6.07, 6.45) is 0.879. The van der Waals surface area contributed by atoms with E-state index in [1.807, 2.05) is 12.1 Å². The Kier molecular flexibility index (Phi) is 3.68. The third-order valence-corrected chi connectivity index (χ3v) is 2.60. The first-order valence-electron chi connectivity index (χ1n) is 5.54. The second-order valence-corrected chi connectivity index (χ2v) is 5.04. The van der Waals surface area contributed by atoms with E-state index in [0.29, 0.717) is 11.6 Å². The van der Waals surface area contributed by atoms with Gasteiger partial charge in [0, 0.05) is 5.69 Å². The molecular formula is C13H19NO2. The summed E-state index contributed by atoms with van der Waals surface area (Å²) in [6, 6.07) is 5.60. The predicted octanol–water partition coefficient (Wildman–Crippen LogP) is 2.64. The van der Waals surface area contributed by atoms with Crippen molar-refractivity contribution >= 4 is 5.97 Å². The Morgan fingerprint density at radius 1 is 1.44 bits per heavy atom. The minimum atomic E-state index is -0.924. The van der Waals surface area contributed by atoms with Crippen molar-refractivity contribution in [1.29, 1.82) is 0 Å². The van der Waals surface area contributed by atoms with Gasteiger partial charge < -0.3 is 5.11 Å². The Balaban J connectivity index is 3.03. The molecule has 0 bridgehead atoms. The second kappa shape index (κ2) is 4.64. The van der Waals surface area contributed by atoms with Gasteiger partial charge in [-0.1, -0.05) is 19.9 Å². The van der Waals surface area contributed by atoms with E-state index in [1.165, 1.54) is 0 Å². The molecule has 0 aliphatic rings. The summed E-state index contributed by atoms with van der Waals surface area (Å²) in [6.45, 7) is 7.60. The highest BCUT2D eigenvalue weighted by molar-refractivity contribution is 5.79. The number of aliphatic carboxylic acids is 1. The Labute approximate surface area is 96.5 Å². The molecule has 3 nitrogen and oxygen atoms in total. The highest BCUT2D eigenvalue weighted by Gasteiger charge is 2.30. The Morgan fingerprint density at radius 2 is 2.06 bits per heavy atom. The molecule has 1 aromatic heterocycles. The molecule has 0 unspecified atom stereocenters. The van der Waals surface area contributed by atoms with Crippen LogP contribution in [0.15, 0.2) is 18.2 Å². The second-order valence-electron chi connectivity index (χ2n) is 5.04. The van der Waals surface area contributed by atoms with E-state index in [4.69, 9.17) is 5.11 Å². The van der Waals surface area contributed by atoms with Gasteiger partial charge in [-0.15, -0.1) is 0 Å². The first-order chi connectivity index (χ1) is 7.34. The summed E-state index contributed by atoms with van der Waals surface area (Å²) in [7, 11) is 0. The molecule has 0 spiro atoms. The van der Waals surface area contributed by atoms with Crippen LogP contribution < -0.4 is 0 Å². The van der Waals surface area contributed by atoms with Crippen LogP contribution in [-0.4, -0.2) is 16.1 Å². The molecule has 0 radical (unpaired) electrons. The summed E-state index contributed by atoms with van der Waals surface area (Å²) in [5, 5.41) is 9.13. The molecule has 0 saturated carbocycles. The van der Waals surface area contributed by atoms with E-state index in [0.717, 1.165) is 12.1 Å². The van der Waals surface area contributed by atoms with E-state index in [2.05, 4.69) is 18.8 Å². The summed E-state index contributed by atoms with van der Waals surface area (Å²) in [5.41, 5.74) is 0.660. The fourth-order valence-corrected chi connectivity index (χ4v) is 1.47. The molecule has 1 rings (SSSR count). The summed E-state index contributed by atoms with van der Waals surface area (Å²) >= 11 is 0. The first-order valence-corrected chi connectivity index (χ1v) is 5.54. The van der Waals surface area contributed by atoms with Gasteiger partial charge in [-0.05, 0) is 38.3 Å². The normalized spacial score (nSPS) is 11.8. The standard InChI is InChI=1S/C13H19NO2/c1-9(2)8-10-6-5-7-11(14-10)13(3,4)12(15)16/h5-7,9H,8H2,1-4H3,(H,15,16). The third kappa shape index (κ3) is 2.81. The number of carboxylic acid groups (broad SMARTS) is 1. The lowest BCUT2D eigenvalue weighted by Crippen LogP contribution is -2.29. The lowest BCUT2D eigenvalue weighted by Gasteiger charge is -2.19. The van der Waals surface area contributed by atoms with Crippen LogP contribution in [0, 0.1) is 5.92 Å². The molecule has 0 aliphatic carbocycles. The Morgan fingerprint density at radius 3 is 2.56 bits per heavy atom. The highest BCUT2D eigenvalue weighted by Crippen LogP contribution is 2.22. The van der Waals surface area contributed by atoms with Gasteiger partial charge in [-0.25, -0.2) is 0 Å². The smallest absolute Gasteiger partial charge is 0.315 e. The molecule has 1 N–H and O–H groups in total. The fourth-order valence-electron chi connectivity index (χ4n) is 1.47. The van der Waals surface area contributed by atoms with E-state index in [9.17, 15) is 4.79 Å². The van der Waals surface area contributed by atoms with Crippen molar-refractivity contribution in [1.82, 2.24) is 4.98 Å². The topological polar surface area (TPSA) is 50.2 Å². The van der Waals surface area contributed by atoms with Gasteiger partial charge in [-0.3, -0.25) is 9.78 Å². The fraction of sp³-hybridized carbons (Fsp3) is 0.538. The zero-order valence-electron chi connectivity index (χ0n) is 10.3. The number of rotatable bonds is 4. The summed E-state index contributed by atoms with van der Waals surface area (Å²) in [4.78, 5) is 15.5. The zero-order valence-corrected chi connectivity index (χ0v) is 10.3. The number of carboxylic acids is 1. The van der Waals surface area contributed by atoms with Crippen LogP contribution in [0.1, 0.15) is 39.1 Å². The van der Waals surface area contributed by atoms with Crippen molar-refractivity contribution in [2.45, 2.75) is 39.5 Å². The van der Waals surface area contributed by atoms with E-state index in [1.54, 1.807) is 19.9 Å². The number of hydrogen-bond acceptors (Lipinski definition) is 2. The molecule has 0 saturated heterocycles. The maximum atomic E-state index is 11.1. The van der Waals surface area contributed by atoms with Gasteiger partial charge in [0.05, 0.1) is 5.69 Å². The lowest BCUT2D eigenvalue weighted by molar-refractivity contribution is -0.142. The molecule has 88 valence electrons. The highest BCUT2D eigenvalue weighted by atomic mass is 16.4. The van der Waals surface area contributed by atoms with Crippen molar-refractivity contribution in [3.8, 4) is 0 Å². The van der Waals surface area contributed by atoms with Crippen LogP contribution in [0.4, 0.5) is 0 Å². The molecule has 1 heterocycles. The molecule has 0 atom stereocenters. The van der Waals surface area contributed by atoms with Gasteiger partial charge in [0.15, 0.2) is 0 Å². The summed E-state index contributed by atoms with van der Waals surface area (Å²) in [5.74, 6) is -0.322. The lowest BCUT2D eigenvalue weighted by atomic mass is 9.88. The molecule has 3 heteroatoms. The molecule has 1 aromatic rings. The van der Waals surface area contributed by atoms with Crippen molar-refractivity contribution in [2.75, 3.05) is 0 Å². The van der Waals surface area contributed by atoms with Gasteiger partial charge in [0.25, 0.3) is 0 Å². The van der Waals surface area contributed by atoms with Crippen LogP contribution in [0.2, 0.25) is 0 Å². The molecule has 16 heavy (non-hydrogen) atoms. The van der Waals surface area contributed by atoms with Gasteiger partial charge in [0.1, 0.15) is 5.41 Å². The maximum absolute atomic E-state index is 11.1. The average Bonchev–Trinajstić information content (AvgIpc) is 2.16. The van der Waals surface area contributed by atoms with E-state index >= 15 is 0 Å². The largest absolute Gasteiger partial charge is 0.481 e. The number of nitrogens with zero attached hydrogens (tertiary/aromatic N) is 1. The maximum Gasteiger partial charge on any atom is 0.315 e. The van der Waals surface area contributed by atoms with Gasteiger partial charge >= 0.3 is 5.97 Å². The van der Waals surface area contributed by atoms with Crippen LogP contribution in [0.5, 0.6) is 0 Å². The van der Waals surface area contributed by atoms with Crippen LogP contribution in [0.25, 0.3) is 0 Å². The van der Waals surface area contributed by atoms with Gasteiger partial charge in [-0.2, -0.15) is 0 Å². The van der Waals surface area contributed by atoms with Crippen LogP contribution in [-0.2, 0) is 16.6 Å². The number of aromatic nitrogens is 1. The molecular weight excluding hydrogens is 202 g/mol. The number of pyridine rings is 1. The van der Waals surface area contributed by atoms with E-state index in [-0.39, 0.29) is 0 Å². The van der Waals surface area contributed by atoms with E-state index < -0.39 is 11.4 Å². The third-order valence-electron chi connectivity index (χ3n) is 2.60. The van der Waals surface area contributed by atoms with Crippen LogP contribution in [0.3, 0.4) is 0 Å². The Hall–Kier alpha value is -1.38. The zero-order chi connectivity index (χ0) is 12.3. The minimum Gasteiger partial charge on any atom is -0.481 e. The monoisotopic (exact) mass is 221 g/mol. The number of hydrogen-bond donors (Lipinski definition) is 1. The Bertz CT molecular complexity index is 383. The van der Waals surface area contributed by atoms with Crippen molar-refractivity contribution in [3.05, 3.63) is 29.6 Å².